The van der Waals surface area contributed by atoms with E-state index in [1.54, 1.807) is 6.07 Å². The van der Waals surface area contributed by atoms with E-state index < -0.39 is 17.4 Å². The largest absolute Gasteiger partial charge is 0.465 e. The van der Waals surface area contributed by atoms with E-state index in [1.807, 2.05) is 34.6 Å². The molecule has 2 aliphatic rings. The number of fused-ring (bicyclic) bond motifs is 1. The summed E-state index contributed by atoms with van der Waals surface area (Å²) in [5.41, 5.74) is 0.663. The molecule has 7 nitrogen and oxygen atoms in total. The van der Waals surface area contributed by atoms with Crippen molar-refractivity contribution in [1.29, 1.82) is 0 Å². The van der Waals surface area contributed by atoms with Crippen molar-refractivity contribution >= 4 is 28.0 Å². The summed E-state index contributed by atoms with van der Waals surface area (Å²) in [4.78, 5) is 24.1. The first-order chi connectivity index (χ1) is 14.4. The average molecular weight is 498 g/mol. The summed E-state index contributed by atoms with van der Waals surface area (Å²) in [7, 11) is 1.36. The molecule has 1 unspecified atom stereocenters. The van der Waals surface area contributed by atoms with Crippen molar-refractivity contribution in [3.05, 3.63) is 21.7 Å². The molecule has 1 fully saturated rings. The molecule has 1 atom stereocenters. The van der Waals surface area contributed by atoms with Crippen LogP contribution in [-0.2, 0) is 9.47 Å². The van der Waals surface area contributed by atoms with Gasteiger partial charge in [0.05, 0.1) is 17.1 Å². The van der Waals surface area contributed by atoms with Gasteiger partial charge in [-0.05, 0) is 81.3 Å². The Morgan fingerprint density at radius 2 is 1.81 bits per heavy atom. The van der Waals surface area contributed by atoms with E-state index in [2.05, 4.69) is 21.2 Å². The van der Waals surface area contributed by atoms with E-state index in [4.69, 9.17) is 18.9 Å². The van der Waals surface area contributed by atoms with Crippen LogP contribution in [-0.4, -0.2) is 36.6 Å². The summed E-state index contributed by atoms with van der Waals surface area (Å²) >= 11 is 3.49. The second-order valence-electron chi connectivity index (χ2n) is 9.59. The van der Waals surface area contributed by atoms with E-state index in [-0.39, 0.29) is 12.1 Å². The molecule has 1 saturated carbocycles. The number of methoxy groups -OCH3 is 1. The number of carbonyl (C=O) groups is 2. The number of halogens is 1. The number of nitrogens with one attached hydrogen (secondary N) is 1. The van der Waals surface area contributed by atoms with Gasteiger partial charge in [-0.2, -0.15) is 0 Å². The maximum atomic E-state index is 12.1. The first-order valence-electron chi connectivity index (χ1n) is 10.7. The van der Waals surface area contributed by atoms with Crippen LogP contribution in [0.5, 0.6) is 11.5 Å². The highest BCUT2D eigenvalue weighted by atomic mass is 79.9. The van der Waals surface area contributed by atoms with Gasteiger partial charge in [-0.1, -0.05) is 0 Å². The van der Waals surface area contributed by atoms with Gasteiger partial charge in [0.15, 0.2) is 11.5 Å². The average Bonchev–Trinajstić information content (AvgIpc) is 3.02. The Morgan fingerprint density at radius 3 is 2.39 bits per heavy atom. The minimum Gasteiger partial charge on any atom is -0.465 e. The van der Waals surface area contributed by atoms with E-state index in [9.17, 15) is 9.59 Å². The quantitative estimate of drug-likeness (QED) is 0.552. The molecule has 0 radical (unpaired) electrons. The first kappa shape index (κ1) is 23.7. The number of alkyl carbamates (subject to hydrolysis) is 1. The number of benzene rings is 1. The lowest BCUT2D eigenvalue weighted by molar-refractivity contribution is -0.0836. The molecule has 0 bridgehead atoms. The van der Waals surface area contributed by atoms with Crippen LogP contribution in [0.3, 0.4) is 0 Å². The molecule has 0 spiro atoms. The van der Waals surface area contributed by atoms with E-state index in [0.717, 1.165) is 32.1 Å². The number of ether oxygens (including phenoxy) is 4. The number of hydrogen-bond acceptors (Lipinski definition) is 6. The highest BCUT2D eigenvalue weighted by Crippen LogP contribution is 2.50. The van der Waals surface area contributed by atoms with E-state index in [0.29, 0.717) is 33.0 Å². The van der Waals surface area contributed by atoms with Crippen LogP contribution in [0.4, 0.5) is 4.79 Å². The van der Waals surface area contributed by atoms with Crippen molar-refractivity contribution in [2.75, 3.05) is 7.11 Å². The highest BCUT2D eigenvalue weighted by Gasteiger charge is 2.42. The predicted octanol–water partition coefficient (Wildman–Crippen LogP) is 5.51. The molecule has 1 heterocycles. The molecular weight excluding hydrogens is 466 g/mol. The number of esters is 1. The van der Waals surface area contributed by atoms with Gasteiger partial charge in [0.2, 0.25) is 5.79 Å². The molecule has 0 saturated heterocycles. The van der Waals surface area contributed by atoms with Crippen molar-refractivity contribution in [3.63, 3.8) is 0 Å². The van der Waals surface area contributed by atoms with E-state index >= 15 is 0 Å². The topological polar surface area (TPSA) is 83.1 Å². The zero-order valence-electron chi connectivity index (χ0n) is 19.1. The van der Waals surface area contributed by atoms with Crippen molar-refractivity contribution in [2.24, 2.45) is 5.92 Å². The van der Waals surface area contributed by atoms with Crippen LogP contribution in [0, 0.1) is 12.8 Å². The number of amides is 1. The Kier molecular flexibility index (Phi) is 6.79. The van der Waals surface area contributed by atoms with Crippen molar-refractivity contribution in [2.45, 2.75) is 84.2 Å². The van der Waals surface area contributed by atoms with Gasteiger partial charge in [0.25, 0.3) is 0 Å². The summed E-state index contributed by atoms with van der Waals surface area (Å²) in [6.45, 7) is 9.34. The van der Waals surface area contributed by atoms with Crippen LogP contribution in [0.2, 0.25) is 0 Å². The lowest BCUT2D eigenvalue weighted by Gasteiger charge is -2.33. The first-order valence-corrected chi connectivity index (χ1v) is 11.5. The lowest BCUT2D eigenvalue weighted by atomic mass is 9.82. The predicted molar refractivity (Wildman–Crippen MR) is 120 cm³/mol. The van der Waals surface area contributed by atoms with Gasteiger partial charge < -0.3 is 24.3 Å². The number of rotatable bonds is 4. The second kappa shape index (κ2) is 8.88. The Labute approximate surface area is 192 Å². The lowest BCUT2D eigenvalue weighted by Crippen LogP contribution is -2.42. The fourth-order valence-electron chi connectivity index (χ4n) is 4.29. The normalized spacial score (nSPS) is 25.1. The van der Waals surface area contributed by atoms with Gasteiger partial charge in [-0.25, -0.2) is 9.59 Å². The highest BCUT2D eigenvalue weighted by molar-refractivity contribution is 9.10. The number of carbonyl (C=O) groups excluding carboxylic acids is 2. The summed E-state index contributed by atoms with van der Waals surface area (Å²) in [5, 5.41) is 2.98. The van der Waals surface area contributed by atoms with Crippen molar-refractivity contribution < 1.29 is 28.5 Å². The Morgan fingerprint density at radius 1 is 1.19 bits per heavy atom. The van der Waals surface area contributed by atoms with E-state index in [1.165, 1.54) is 7.11 Å². The van der Waals surface area contributed by atoms with Gasteiger partial charge in [0, 0.05) is 24.9 Å². The number of hydrogen-bond donors (Lipinski definition) is 1. The molecule has 1 aromatic carbocycles. The minimum atomic E-state index is -0.805. The fraction of sp³-hybridized carbons (Fsp3) is 0.652. The van der Waals surface area contributed by atoms with Gasteiger partial charge in [0.1, 0.15) is 5.60 Å². The molecule has 172 valence electrons. The van der Waals surface area contributed by atoms with Crippen LogP contribution < -0.4 is 14.8 Å². The molecule has 1 amide bonds. The van der Waals surface area contributed by atoms with Crippen LogP contribution in [0.15, 0.2) is 10.5 Å². The minimum absolute atomic E-state index is 0.125. The SMILES string of the molecule is COC(=O)c1cc(Br)c2c(c1C)OC(C)(C[C@H]1CC[C@H](NC(=O)OC(C)(C)C)CC1)O2. The summed E-state index contributed by atoms with van der Waals surface area (Å²) in [6.07, 6.45) is 4.08. The molecule has 1 aromatic rings. The summed E-state index contributed by atoms with van der Waals surface area (Å²) in [5.74, 6) is 0.398. The summed E-state index contributed by atoms with van der Waals surface area (Å²) in [6, 6.07) is 1.84. The van der Waals surface area contributed by atoms with Crippen molar-refractivity contribution in [3.8, 4) is 11.5 Å². The van der Waals surface area contributed by atoms with Crippen LogP contribution in [0.1, 0.15) is 75.7 Å². The van der Waals surface area contributed by atoms with Crippen molar-refractivity contribution in [1.82, 2.24) is 5.32 Å². The molecule has 1 N–H and O–H groups in total. The molecule has 3 rings (SSSR count). The Hall–Kier alpha value is -1.96. The zero-order valence-corrected chi connectivity index (χ0v) is 20.7. The van der Waals surface area contributed by atoms with Gasteiger partial charge in [-0.3, -0.25) is 0 Å². The maximum absolute atomic E-state index is 12.1. The summed E-state index contributed by atoms with van der Waals surface area (Å²) < 4.78 is 23.4. The maximum Gasteiger partial charge on any atom is 0.407 e. The van der Waals surface area contributed by atoms with Gasteiger partial charge in [-0.15, -0.1) is 0 Å². The third-order valence-corrected chi connectivity index (χ3v) is 6.30. The molecular formula is C23H32BrNO6. The third kappa shape index (κ3) is 5.64. The van der Waals surface area contributed by atoms with Crippen LogP contribution >= 0.6 is 15.9 Å². The molecule has 8 heteroatoms. The van der Waals surface area contributed by atoms with Crippen LogP contribution in [0.25, 0.3) is 0 Å². The van der Waals surface area contributed by atoms with Gasteiger partial charge >= 0.3 is 12.1 Å². The Bertz CT molecular complexity index is 857. The molecule has 1 aliphatic heterocycles. The zero-order chi connectivity index (χ0) is 23.0. The second-order valence-corrected chi connectivity index (χ2v) is 10.4. The monoisotopic (exact) mass is 497 g/mol. The Balaban J connectivity index is 1.59. The molecule has 0 aromatic heterocycles. The molecule has 1 aliphatic carbocycles. The third-order valence-electron chi connectivity index (χ3n) is 5.71. The smallest absolute Gasteiger partial charge is 0.407 e. The standard InChI is InChI=1S/C23H32BrNO6/c1-13-16(20(26)28-6)11-17(24)19-18(13)29-23(5,30-19)12-14-7-9-15(10-8-14)25-21(27)31-22(2,3)4/h11,14-15H,7-10,12H2,1-6H3,(H,25,27)/t14-,15-,23?. The fourth-order valence-corrected chi connectivity index (χ4v) is 4.78. The molecule has 31 heavy (non-hydrogen) atoms.